The predicted molar refractivity (Wildman–Crippen MR) is 122 cm³/mol. The maximum Gasteiger partial charge on any atom is 0.130 e. The first-order valence-corrected chi connectivity index (χ1v) is 11.4. The first kappa shape index (κ1) is 22.8. The second-order valence-corrected chi connectivity index (χ2v) is 9.48. The molecule has 0 radical (unpaired) electrons. The second-order valence-electron chi connectivity index (χ2n) is 9.48. The largest absolute Gasteiger partial charge is 0.330 e. The first-order valence-electron chi connectivity index (χ1n) is 11.4. The molecule has 1 fully saturated rings. The van der Waals surface area contributed by atoms with Gasteiger partial charge in [0.25, 0.3) is 0 Å². The molecule has 2 unspecified atom stereocenters. The van der Waals surface area contributed by atoms with E-state index in [4.69, 9.17) is 5.73 Å². The molecule has 7 heteroatoms. The molecule has 172 valence electrons. The number of nitrogens with two attached hydrogens (primary N) is 1. The Morgan fingerprint density at radius 1 is 1.25 bits per heavy atom. The summed E-state index contributed by atoms with van der Waals surface area (Å²) in [5, 5.41) is 0. The highest BCUT2D eigenvalue weighted by molar-refractivity contribution is 5.35. The van der Waals surface area contributed by atoms with Crippen LogP contribution in [-0.2, 0) is 6.54 Å². The van der Waals surface area contributed by atoms with Gasteiger partial charge in [0.15, 0.2) is 0 Å². The van der Waals surface area contributed by atoms with Gasteiger partial charge in [-0.1, -0.05) is 13.0 Å². The molecule has 1 saturated heterocycles. The number of halogens is 2. The fourth-order valence-electron chi connectivity index (χ4n) is 5.18. The first-order chi connectivity index (χ1) is 15.4. The van der Waals surface area contributed by atoms with Crippen molar-refractivity contribution in [2.75, 3.05) is 19.6 Å². The SMILES string of the molecule is Cc1cc(C2NNC(CCN)=C2CC2(C)CCCN(Cc3c(F)cccc3F)C2)ccn1. The lowest BCUT2D eigenvalue weighted by Crippen LogP contribution is -2.42. The number of hydrogen-bond acceptors (Lipinski definition) is 5. The highest BCUT2D eigenvalue weighted by atomic mass is 19.1. The smallest absolute Gasteiger partial charge is 0.130 e. The number of hydrazine groups is 1. The Morgan fingerprint density at radius 3 is 2.75 bits per heavy atom. The van der Waals surface area contributed by atoms with Crippen molar-refractivity contribution in [1.29, 1.82) is 0 Å². The summed E-state index contributed by atoms with van der Waals surface area (Å²) in [5.74, 6) is -0.940. The van der Waals surface area contributed by atoms with E-state index >= 15 is 0 Å². The van der Waals surface area contributed by atoms with Crippen LogP contribution >= 0.6 is 0 Å². The molecule has 2 aliphatic heterocycles. The van der Waals surface area contributed by atoms with Crippen molar-refractivity contribution in [2.45, 2.75) is 52.1 Å². The number of nitrogens with zero attached hydrogens (tertiary/aromatic N) is 2. The molecule has 1 aromatic heterocycles. The minimum atomic E-state index is -0.470. The molecule has 32 heavy (non-hydrogen) atoms. The zero-order valence-electron chi connectivity index (χ0n) is 18.9. The summed E-state index contributed by atoms with van der Waals surface area (Å²) in [7, 11) is 0. The number of aryl methyl sites for hydroxylation is 1. The third kappa shape index (κ3) is 5.00. The van der Waals surface area contributed by atoms with Gasteiger partial charge >= 0.3 is 0 Å². The molecule has 5 nitrogen and oxygen atoms in total. The van der Waals surface area contributed by atoms with Gasteiger partial charge in [0.05, 0.1) is 6.04 Å². The summed E-state index contributed by atoms with van der Waals surface area (Å²) in [6.45, 7) is 6.80. The Labute approximate surface area is 189 Å². The third-order valence-corrected chi connectivity index (χ3v) is 6.67. The number of hydrogen-bond donors (Lipinski definition) is 3. The second kappa shape index (κ2) is 9.65. The van der Waals surface area contributed by atoms with Crippen LogP contribution in [-0.4, -0.2) is 29.5 Å². The van der Waals surface area contributed by atoms with Gasteiger partial charge in [-0.25, -0.2) is 14.2 Å². The molecule has 1 aromatic carbocycles. The fourth-order valence-corrected chi connectivity index (χ4v) is 5.18. The van der Waals surface area contributed by atoms with Crippen molar-refractivity contribution in [1.82, 2.24) is 20.7 Å². The molecule has 2 atom stereocenters. The Bertz CT molecular complexity index is 972. The van der Waals surface area contributed by atoms with Crippen LogP contribution < -0.4 is 16.6 Å². The van der Waals surface area contributed by atoms with Crippen LogP contribution in [0.25, 0.3) is 0 Å². The molecule has 2 aliphatic rings. The molecule has 0 amide bonds. The van der Waals surface area contributed by atoms with Gasteiger partial charge in [-0.05, 0) is 80.1 Å². The molecule has 4 N–H and O–H groups in total. The van der Waals surface area contributed by atoms with Crippen LogP contribution in [0.3, 0.4) is 0 Å². The van der Waals surface area contributed by atoms with Gasteiger partial charge in [0.1, 0.15) is 11.6 Å². The molecular formula is C25H33F2N5. The van der Waals surface area contributed by atoms with E-state index < -0.39 is 11.6 Å². The molecule has 0 saturated carbocycles. The van der Waals surface area contributed by atoms with Crippen LogP contribution in [0.1, 0.15) is 55.5 Å². The van der Waals surface area contributed by atoms with Gasteiger partial charge in [0, 0.05) is 42.7 Å². The maximum atomic E-state index is 14.2. The van der Waals surface area contributed by atoms with Crippen molar-refractivity contribution in [3.8, 4) is 0 Å². The minimum Gasteiger partial charge on any atom is -0.330 e. The van der Waals surface area contributed by atoms with E-state index in [1.165, 1.54) is 29.3 Å². The Balaban J connectivity index is 1.55. The lowest BCUT2D eigenvalue weighted by atomic mass is 9.74. The molecule has 0 bridgehead atoms. The van der Waals surface area contributed by atoms with Crippen molar-refractivity contribution in [2.24, 2.45) is 11.1 Å². The van der Waals surface area contributed by atoms with E-state index in [2.05, 4.69) is 33.7 Å². The van der Waals surface area contributed by atoms with E-state index in [0.29, 0.717) is 13.1 Å². The summed E-state index contributed by atoms with van der Waals surface area (Å²) < 4.78 is 28.5. The van der Waals surface area contributed by atoms with Gasteiger partial charge in [-0.2, -0.15) is 0 Å². The van der Waals surface area contributed by atoms with Crippen LogP contribution in [0.2, 0.25) is 0 Å². The number of nitrogens with one attached hydrogen (secondary N) is 2. The average molecular weight is 442 g/mol. The highest BCUT2D eigenvalue weighted by Crippen LogP contribution is 2.42. The number of rotatable bonds is 7. The lowest BCUT2D eigenvalue weighted by Gasteiger charge is -2.41. The number of benzene rings is 1. The van der Waals surface area contributed by atoms with E-state index in [9.17, 15) is 8.78 Å². The van der Waals surface area contributed by atoms with E-state index in [1.807, 2.05) is 19.2 Å². The Kier molecular flexibility index (Phi) is 6.88. The van der Waals surface area contributed by atoms with E-state index in [-0.39, 0.29) is 17.0 Å². The topological polar surface area (TPSA) is 66.2 Å². The fraction of sp³-hybridized carbons (Fsp3) is 0.480. The summed E-state index contributed by atoms with van der Waals surface area (Å²) >= 11 is 0. The standard InChI is InChI=1S/C25H33F2N5/c1-17-13-18(8-11-29-17)24-19(23(7-10-28)30-31-24)14-25(2)9-4-12-32(16-25)15-20-21(26)5-3-6-22(20)27/h3,5-6,8,11,13,24,30-31H,4,7,9-10,12,14-16,28H2,1-2H3. The van der Waals surface area contributed by atoms with Crippen LogP contribution in [0, 0.1) is 24.0 Å². The van der Waals surface area contributed by atoms with Crippen LogP contribution in [0.15, 0.2) is 47.8 Å². The number of aromatic nitrogens is 1. The van der Waals surface area contributed by atoms with Crippen molar-refractivity contribution in [3.05, 3.63) is 76.3 Å². The quantitative estimate of drug-likeness (QED) is 0.603. The molecule has 0 spiro atoms. The maximum absolute atomic E-state index is 14.2. The monoisotopic (exact) mass is 441 g/mol. The van der Waals surface area contributed by atoms with Crippen molar-refractivity contribution in [3.63, 3.8) is 0 Å². The average Bonchev–Trinajstić information content (AvgIpc) is 3.13. The molecule has 0 aliphatic carbocycles. The summed E-state index contributed by atoms with van der Waals surface area (Å²) in [6.07, 6.45) is 5.60. The minimum absolute atomic E-state index is 0.00316. The summed E-state index contributed by atoms with van der Waals surface area (Å²) in [6, 6.07) is 8.32. The van der Waals surface area contributed by atoms with E-state index in [0.717, 1.165) is 50.2 Å². The molecule has 4 rings (SSSR count). The molecule has 3 heterocycles. The number of likely N-dealkylation sites (tertiary alicyclic amines) is 1. The van der Waals surface area contributed by atoms with Crippen LogP contribution in [0.4, 0.5) is 8.78 Å². The Hall–Kier alpha value is -2.35. The van der Waals surface area contributed by atoms with Crippen molar-refractivity contribution < 1.29 is 8.78 Å². The predicted octanol–water partition coefficient (Wildman–Crippen LogP) is 4.11. The van der Waals surface area contributed by atoms with Crippen molar-refractivity contribution >= 4 is 0 Å². The van der Waals surface area contributed by atoms with Gasteiger partial charge in [-0.15, -0.1) is 0 Å². The normalized spacial score (nSPS) is 24.1. The van der Waals surface area contributed by atoms with Gasteiger partial charge in [0.2, 0.25) is 0 Å². The summed E-state index contributed by atoms with van der Waals surface area (Å²) in [4.78, 5) is 6.52. The summed E-state index contributed by atoms with van der Waals surface area (Å²) in [5.41, 5.74) is 17.5. The Morgan fingerprint density at radius 2 is 2.03 bits per heavy atom. The lowest BCUT2D eigenvalue weighted by molar-refractivity contribution is 0.0937. The highest BCUT2D eigenvalue weighted by Gasteiger charge is 2.37. The number of pyridine rings is 1. The van der Waals surface area contributed by atoms with Gasteiger partial charge < -0.3 is 11.2 Å². The number of piperidine rings is 1. The zero-order chi connectivity index (χ0) is 22.7. The van der Waals surface area contributed by atoms with Crippen LogP contribution in [0.5, 0.6) is 0 Å². The van der Waals surface area contributed by atoms with Gasteiger partial charge in [-0.3, -0.25) is 9.88 Å². The van der Waals surface area contributed by atoms with E-state index in [1.54, 1.807) is 0 Å². The molecular weight excluding hydrogens is 408 g/mol. The third-order valence-electron chi connectivity index (χ3n) is 6.67. The molecule has 2 aromatic rings. The zero-order valence-corrected chi connectivity index (χ0v) is 18.9.